The van der Waals surface area contributed by atoms with Crippen molar-refractivity contribution >= 4 is 27.6 Å². The van der Waals surface area contributed by atoms with Gasteiger partial charge in [0.05, 0.1) is 5.69 Å². The monoisotopic (exact) mass is 293 g/mol. The summed E-state index contributed by atoms with van der Waals surface area (Å²) in [5.41, 5.74) is 2.06. The number of nitrogens with zero attached hydrogens (tertiary/aromatic N) is 2. The van der Waals surface area contributed by atoms with Gasteiger partial charge in [-0.1, -0.05) is 22.0 Å². The summed E-state index contributed by atoms with van der Waals surface area (Å²) in [5.74, 6) is 0.885. The van der Waals surface area contributed by atoms with Crippen molar-refractivity contribution in [3.05, 3.63) is 40.6 Å². The van der Waals surface area contributed by atoms with Crippen molar-refractivity contribution in [3.8, 4) is 0 Å². The molecule has 0 amide bonds. The third-order valence-corrected chi connectivity index (χ3v) is 2.98. The zero-order valence-corrected chi connectivity index (χ0v) is 11.8. The smallest absolute Gasteiger partial charge is 0.207 e. The van der Waals surface area contributed by atoms with E-state index in [4.69, 9.17) is 0 Å². The van der Waals surface area contributed by atoms with E-state index in [9.17, 15) is 0 Å². The fourth-order valence-electron chi connectivity index (χ4n) is 1.70. The topological polar surface area (TPSA) is 29.9 Å². The molecule has 0 aliphatic rings. The quantitative estimate of drug-likeness (QED) is 0.915. The summed E-state index contributed by atoms with van der Waals surface area (Å²) >= 11 is 3.46. The minimum Gasteiger partial charge on any atom is -0.326 e. The van der Waals surface area contributed by atoms with E-state index in [1.54, 1.807) is 0 Å². The number of aryl methyl sites for hydroxylation is 1. The number of aromatic nitrogens is 2. The molecule has 90 valence electrons. The highest BCUT2D eigenvalue weighted by molar-refractivity contribution is 9.10. The second kappa shape index (κ2) is 4.92. The van der Waals surface area contributed by atoms with Gasteiger partial charge >= 0.3 is 0 Å². The molecule has 17 heavy (non-hydrogen) atoms. The summed E-state index contributed by atoms with van der Waals surface area (Å²) < 4.78 is 3.19. The summed E-state index contributed by atoms with van der Waals surface area (Å²) in [6, 6.07) is 8.47. The predicted octanol–water partition coefficient (Wildman–Crippen LogP) is 4.28. The lowest BCUT2D eigenvalue weighted by Gasteiger charge is -2.12. The average molecular weight is 294 g/mol. The maximum absolute atomic E-state index is 4.49. The molecule has 0 aliphatic heterocycles. The molecule has 3 nitrogen and oxygen atoms in total. The van der Waals surface area contributed by atoms with E-state index in [-0.39, 0.29) is 0 Å². The van der Waals surface area contributed by atoms with E-state index >= 15 is 0 Å². The molecule has 1 heterocycles. The van der Waals surface area contributed by atoms with Crippen LogP contribution in [0.3, 0.4) is 0 Å². The molecule has 0 unspecified atom stereocenters. The van der Waals surface area contributed by atoms with Crippen LogP contribution in [0.15, 0.2) is 34.9 Å². The highest BCUT2D eigenvalue weighted by Gasteiger charge is 2.08. The zero-order chi connectivity index (χ0) is 12.4. The van der Waals surface area contributed by atoms with Gasteiger partial charge in [-0.25, -0.2) is 4.98 Å². The first kappa shape index (κ1) is 12.2. The Morgan fingerprint density at radius 1 is 1.35 bits per heavy atom. The third kappa shape index (κ3) is 2.88. The Balaban J connectivity index is 2.29. The Morgan fingerprint density at radius 2 is 2.12 bits per heavy atom. The van der Waals surface area contributed by atoms with Gasteiger partial charge in [0.2, 0.25) is 5.95 Å². The second-order valence-electron chi connectivity index (χ2n) is 4.34. The Labute approximate surface area is 110 Å². The molecule has 0 saturated carbocycles. The van der Waals surface area contributed by atoms with Crippen LogP contribution >= 0.6 is 15.9 Å². The van der Waals surface area contributed by atoms with Gasteiger partial charge in [0.25, 0.3) is 0 Å². The Hall–Kier alpha value is -1.29. The van der Waals surface area contributed by atoms with Gasteiger partial charge in [-0.2, -0.15) is 0 Å². The molecule has 1 N–H and O–H groups in total. The van der Waals surface area contributed by atoms with Crippen molar-refractivity contribution in [1.82, 2.24) is 9.55 Å². The fourth-order valence-corrected chi connectivity index (χ4v) is 2.10. The van der Waals surface area contributed by atoms with Gasteiger partial charge in [0.1, 0.15) is 0 Å². The zero-order valence-electron chi connectivity index (χ0n) is 10.2. The first-order chi connectivity index (χ1) is 8.06. The lowest BCUT2D eigenvalue weighted by atomic mass is 10.3. The summed E-state index contributed by atoms with van der Waals surface area (Å²) in [7, 11) is 0. The standard InChI is InChI=1S/C13H16BrN3/c1-9(2)17-8-10(3)15-13(17)16-12-6-4-5-11(14)7-12/h4-9H,1-3H3,(H,15,16). The summed E-state index contributed by atoms with van der Waals surface area (Å²) in [6.45, 7) is 6.30. The van der Waals surface area contributed by atoms with Crippen LogP contribution < -0.4 is 5.32 Å². The number of hydrogen-bond acceptors (Lipinski definition) is 2. The Kier molecular flexibility index (Phi) is 3.52. The summed E-state index contributed by atoms with van der Waals surface area (Å²) in [5, 5.41) is 3.34. The molecule has 0 atom stereocenters. The minimum absolute atomic E-state index is 0.394. The molecule has 0 bridgehead atoms. The van der Waals surface area contributed by atoms with Crippen LogP contribution in [0, 0.1) is 6.92 Å². The van der Waals surface area contributed by atoms with Gasteiger partial charge in [-0.15, -0.1) is 0 Å². The maximum Gasteiger partial charge on any atom is 0.207 e. The van der Waals surface area contributed by atoms with Crippen LogP contribution in [-0.4, -0.2) is 9.55 Å². The van der Waals surface area contributed by atoms with Crippen LogP contribution in [0.25, 0.3) is 0 Å². The molecular weight excluding hydrogens is 278 g/mol. The van der Waals surface area contributed by atoms with Crippen LogP contribution in [0.2, 0.25) is 0 Å². The maximum atomic E-state index is 4.49. The fraction of sp³-hybridized carbons (Fsp3) is 0.308. The van der Waals surface area contributed by atoms with Crippen LogP contribution in [-0.2, 0) is 0 Å². The van der Waals surface area contributed by atoms with Crippen molar-refractivity contribution in [1.29, 1.82) is 0 Å². The van der Waals surface area contributed by atoms with Crippen LogP contribution in [0.4, 0.5) is 11.6 Å². The van der Waals surface area contributed by atoms with Crippen molar-refractivity contribution in [2.24, 2.45) is 0 Å². The first-order valence-corrected chi connectivity index (χ1v) is 6.43. The third-order valence-electron chi connectivity index (χ3n) is 2.49. The molecule has 0 spiro atoms. The summed E-state index contributed by atoms with van der Waals surface area (Å²) in [6.07, 6.45) is 2.06. The predicted molar refractivity (Wildman–Crippen MR) is 74.8 cm³/mol. The lowest BCUT2D eigenvalue weighted by Crippen LogP contribution is -2.05. The Morgan fingerprint density at radius 3 is 2.76 bits per heavy atom. The molecule has 4 heteroatoms. The highest BCUT2D eigenvalue weighted by Crippen LogP contribution is 2.22. The largest absolute Gasteiger partial charge is 0.326 e. The Bertz CT molecular complexity index is 517. The molecule has 1 aromatic heterocycles. The highest BCUT2D eigenvalue weighted by atomic mass is 79.9. The second-order valence-corrected chi connectivity index (χ2v) is 5.26. The van der Waals surface area contributed by atoms with Crippen molar-refractivity contribution in [3.63, 3.8) is 0 Å². The normalized spacial score (nSPS) is 10.9. The van der Waals surface area contributed by atoms with Crippen LogP contribution in [0.5, 0.6) is 0 Å². The van der Waals surface area contributed by atoms with E-state index in [0.29, 0.717) is 6.04 Å². The molecule has 0 saturated heterocycles. The van der Waals surface area contributed by atoms with Crippen molar-refractivity contribution in [2.45, 2.75) is 26.8 Å². The molecule has 1 aromatic carbocycles. The van der Waals surface area contributed by atoms with Gasteiger partial charge in [0.15, 0.2) is 0 Å². The van der Waals surface area contributed by atoms with E-state index in [0.717, 1.165) is 21.8 Å². The summed E-state index contributed by atoms with van der Waals surface area (Å²) in [4.78, 5) is 4.49. The minimum atomic E-state index is 0.394. The van der Waals surface area contributed by atoms with Gasteiger partial charge in [-0.3, -0.25) is 0 Å². The number of benzene rings is 1. The number of halogens is 1. The number of hydrogen-bond donors (Lipinski definition) is 1. The number of anilines is 2. The van der Waals surface area contributed by atoms with Crippen molar-refractivity contribution in [2.75, 3.05) is 5.32 Å². The number of imidazole rings is 1. The number of nitrogens with one attached hydrogen (secondary N) is 1. The molecular formula is C13H16BrN3. The van der Waals surface area contributed by atoms with Crippen LogP contribution in [0.1, 0.15) is 25.6 Å². The lowest BCUT2D eigenvalue weighted by molar-refractivity contribution is 0.607. The van der Waals surface area contributed by atoms with Gasteiger partial charge in [-0.05, 0) is 39.0 Å². The van der Waals surface area contributed by atoms with E-state index < -0.39 is 0 Å². The first-order valence-electron chi connectivity index (χ1n) is 5.64. The van der Waals surface area contributed by atoms with E-state index in [1.807, 2.05) is 31.2 Å². The molecule has 0 radical (unpaired) electrons. The van der Waals surface area contributed by atoms with Gasteiger partial charge in [0, 0.05) is 22.4 Å². The van der Waals surface area contributed by atoms with E-state index in [2.05, 4.69) is 50.8 Å². The molecule has 0 fully saturated rings. The van der Waals surface area contributed by atoms with Gasteiger partial charge < -0.3 is 9.88 Å². The average Bonchev–Trinajstić information content (AvgIpc) is 2.59. The molecule has 0 aliphatic carbocycles. The molecule has 2 aromatic rings. The molecule has 2 rings (SSSR count). The SMILES string of the molecule is Cc1cn(C(C)C)c(Nc2cccc(Br)c2)n1. The number of rotatable bonds is 3. The van der Waals surface area contributed by atoms with E-state index in [1.165, 1.54) is 0 Å². The van der Waals surface area contributed by atoms with Crippen molar-refractivity contribution < 1.29 is 0 Å².